The number of carboxylic acid groups (broad SMARTS) is 1. The molecule has 0 aromatic carbocycles. The monoisotopic (exact) mass is 371 g/mol. The predicted molar refractivity (Wildman–Crippen MR) is 74.8 cm³/mol. The molecular formula is C10H8F3N3O5S2. The van der Waals surface area contributed by atoms with E-state index in [-0.39, 0.29) is 10.7 Å². The molecule has 0 saturated heterocycles. The molecule has 0 aliphatic carbocycles. The maximum absolute atomic E-state index is 12.1. The van der Waals surface area contributed by atoms with E-state index in [0.717, 1.165) is 10.8 Å². The Kier molecular flexibility index (Phi) is 6.62. The molecule has 1 atom stereocenters. The smallest absolute Gasteiger partial charge is 0.471 e. The van der Waals surface area contributed by atoms with Crippen molar-refractivity contribution in [3.05, 3.63) is 28.4 Å². The van der Waals surface area contributed by atoms with Crippen LogP contribution in [0.25, 0.3) is 0 Å². The first-order valence-corrected chi connectivity index (χ1v) is 7.94. The molecule has 0 fully saturated rings. The van der Waals surface area contributed by atoms with Gasteiger partial charge in [0.25, 0.3) is 0 Å². The zero-order chi connectivity index (χ0) is 17.6. The van der Waals surface area contributed by atoms with Gasteiger partial charge in [-0.05, 0) is 16.9 Å². The zero-order valence-electron chi connectivity index (χ0n) is 10.9. The van der Waals surface area contributed by atoms with Gasteiger partial charge in [-0.2, -0.15) is 13.2 Å². The highest BCUT2D eigenvalue weighted by molar-refractivity contribution is 8.76. The Morgan fingerprint density at radius 1 is 1.48 bits per heavy atom. The Bertz CT molecular complexity index is 614. The van der Waals surface area contributed by atoms with Crippen LogP contribution >= 0.6 is 21.6 Å². The molecule has 0 unspecified atom stereocenters. The average molecular weight is 371 g/mol. The van der Waals surface area contributed by atoms with Crippen LogP contribution < -0.4 is 5.32 Å². The summed E-state index contributed by atoms with van der Waals surface area (Å²) in [6.07, 6.45) is -3.93. The third-order valence-electron chi connectivity index (χ3n) is 2.18. The van der Waals surface area contributed by atoms with Crippen LogP contribution in [0.2, 0.25) is 0 Å². The lowest BCUT2D eigenvalue weighted by atomic mass is 10.3. The lowest BCUT2D eigenvalue weighted by Gasteiger charge is -2.14. The number of hydrogen-bond donors (Lipinski definition) is 2. The van der Waals surface area contributed by atoms with E-state index in [1.807, 2.05) is 0 Å². The molecule has 8 nitrogen and oxygen atoms in total. The molecule has 0 bridgehead atoms. The molecule has 23 heavy (non-hydrogen) atoms. The molecule has 0 saturated carbocycles. The normalized spacial score (nSPS) is 12.5. The maximum atomic E-state index is 12.1. The van der Waals surface area contributed by atoms with Crippen LogP contribution in [-0.4, -0.2) is 44.9 Å². The van der Waals surface area contributed by atoms with Crippen LogP contribution in [0.5, 0.6) is 0 Å². The number of halogens is 3. The topological polar surface area (TPSA) is 122 Å². The van der Waals surface area contributed by atoms with Gasteiger partial charge in [0.1, 0.15) is 6.04 Å². The minimum atomic E-state index is -5.20. The average Bonchev–Trinajstić information content (AvgIpc) is 2.45. The molecule has 13 heteroatoms. The number of aromatic nitrogens is 1. The van der Waals surface area contributed by atoms with E-state index in [9.17, 15) is 32.9 Å². The zero-order valence-corrected chi connectivity index (χ0v) is 12.6. The van der Waals surface area contributed by atoms with Gasteiger partial charge in [0, 0.05) is 18.0 Å². The Labute approximate surface area is 134 Å². The molecule has 2 N–H and O–H groups in total. The molecule has 1 aromatic rings. The fraction of sp³-hybridized carbons (Fsp3) is 0.300. The van der Waals surface area contributed by atoms with Crippen molar-refractivity contribution in [2.24, 2.45) is 0 Å². The number of carbonyl (C=O) groups excluding carboxylic acids is 1. The molecule has 1 heterocycles. The second kappa shape index (κ2) is 8.01. The quantitative estimate of drug-likeness (QED) is 0.423. The summed E-state index contributed by atoms with van der Waals surface area (Å²) >= 11 is 0. The second-order valence-electron chi connectivity index (χ2n) is 3.81. The van der Waals surface area contributed by atoms with Crippen LogP contribution in [0, 0.1) is 10.1 Å². The number of carbonyl (C=O) groups is 2. The van der Waals surface area contributed by atoms with Crippen molar-refractivity contribution < 1.29 is 32.8 Å². The van der Waals surface area contributed by atoms with Gasteiger partial charge in [0.05, 0.1) is 4.92 Å². The molecule has 0 aliphatic heterocycles. The number of nitro groups is 1. The van der Waals surface area contributed by atoms with Gasteiger partial charge in [-0.3, -0.25) is 14.9 Å². The van der Waals surface area contributed by atoms with Gasteiger partial charge >= 0.3 is 23.7 Å². The van der Waals surface area contributed by atoms with E-state index in [1.165, 1.54) is 23.6 Å². The van der Waals surface area contributed by atoms with E-state index in [2.05, 4.69) is 4.98 Å². The van der Waals surface area contributed by atoms with E-state index < -0.39 is 34.8 Å². The van der Waals surface area contributed by atoms with Crippen LogP contribution in [0.15, 0.2) is 23.4 Å². The lowest BCUT2D eigenvalue weighted by Crippen LogP contribution is -2.48. The molecular weight excluding hydrogens is 363 g/mol. The summed E-state index contributed by atoms with van der Waals surface area (Å²) < 4.78 is 36.3. The third-order valence-corrected chi connectivity index (χ3v) is 4.48. The van der Waals surface area contributed by atoms with Crippen molar-refractivity contribution in [3.63, 3.8) is 0 Å². The van der Waals surface area contributed by atoms with Gasteiger partial charge in [0.2, 0.25) is 0 Å². The van der Waals surface area contributed by atoms with Crippen molar-refractivity contribution in [1.82, 2.24) is 10.3 Å². The lowest BCUT2D eigenvalue weighted by molar-refractivity contribution is -0.388. The minimum absolute atomic E-state index is 0.0335. The van der Waals surface area contributed by atoms with Crippen LogP contribution in [0.4, 0.5) is 18.9 Å². The van der Waals surface area contributed by atoms with Crippen molar-refractivity contribution >= 4 is 39.2 Å². The van der Waals surface area contributed by atoms with Crippen molar-refractivity contribution in [3.8, 4) is 0 Å². The molecule has 1 rings (SSSR count). The summed E-state index contributed by atoms with van der Waals surface area (Å²) in [5, 5.41) is 20.8. The SMILES string of the molecule is O=C(O)[C@H](CSSc1ncccc1[N+](=O)[O-])NC(=O)C(F)(F)F. The number of amides is 1. The number of alkyl halides is 3. The number of aliphatic carboxylic acids is 1. The molecule has 0 aliphatic rings. The number of nitrogens with zero attached hydrogens (tertiary/aromatic N) is 2. The summed E-state index contributed by atoms with van der Waals surface area (Å²) in [4.78, 5) is 35.4. The van der Waals surface area contributed by atoms with Crippen molar-refractivity contribution in [2.75, 3.05) is 5.75 Å². The summed E-state index contributed by atoms with van der Waals surface area (Å²) in [7, 11) is 1.44. The Morgan fingerprint density at radius 3 is 2.65 bits per heavy atom. The summed E-state index contributed by atoms with van der Waals surface area (Å²) in [6, 6.07) is 0.705. The third kappa shape index (κ3) is 5.94. The van der Waals surface area contributed by atoms with Crippen LogP contribution in [-0.2, 0) is 9.59 Å². The number of rotatable bonds is 7. The largest absolute Gasteiger partial charge is 0.480 e. The number of pyridine rings is 1. The first-order chi connectivity index (χ1) is 10.6. The van der Waals surface area contributed by atoms with Gasteiger partial charge < -0.3 is 10.4 Å². The Hall–Kier alpha value is -2.02. The first-order valence-electron chi connectivity index (χ1n) is 5.62. The summed E-state index contributed by atoms with van der Waals surface area (Å²) in [6.45, 7) is 0. The van der Waals surface area contributed by atoms with Crippen LogP contribution in [0.3, 0.4) is 0 Å². The first kappa shape index (κ1) is 19.0. The highest BCUT2D eigenvalue weighted by Crippen LogP contribution is 2.35. The van der Waals surface area contributed by atoms with E-state index >= 15 is 0 Å². The molecule has 126 valence electrons. The summed E-state index contributed by atoms with van der Waals surface area (Å²) in [5.41, 5.74) is -0.323. The van der Waals surface area contributed by atoms with Crippen LogP contribution in [0.1, 0.15) is 0 Å². The van der Waals surface area contributed by atoms with E-state index in [4.69, 9.17) is 5.11 Å². The highest BCUT2D eigenvalue weighted by Gasteiger charge is 2.40. The molecule has 1 aromatic heterocycles. The van der Waals surface area contributed by atoms with Gasteiger partial charge in [-0.25, -0.2) is 9.78 Å². The van der Waals surface area contributed by atoms with Crippen molar-refractivity contribution in [2.45, 2.75) is 17.2 Å². The predicted octanol–water partition coefficient (Wildman–Crippen LogP) is 1.86. The van der Waals surface area contributed by atoms with E-state index in [0.29, 0.717) is 10.8 Å². The number of nitrogens with one attached hydrogen (secondary N) is 1. The molecule has 0 radical (unpaired) electrons. The molecule has 0 spiro atoms. The second-order valence-corrected chi connectivity index (χ2v) is 6.14. The molecule has 1 amide bonds. The fourth-order valence-electron chi connectivity index (χ4n) is 1.16. The fourth-order valence-corrected chi connectivity index (χ4v) is 3.36. The Balaban J connectivity index is 2.66. The van der Waals surface area contributed by atoms with Gasteiger partial charge in [0.15, 0.2) is 5.03 Å². The van der Waals surface area contributed by atoms with Gasteiger partial charge in [-0.1, -0.05) is 10.8 Å². The minimum Gasteiger partial charge on any atom is -0.480 e. The van der Waals surface area contributed by atoms with Crippen molar-refractivity contribution in [1.29, 1.82) is 0 Å². The number of hydrogen-bond acceptors (Lipinski definition) is 7. The highest BCUT2D eigenvalue weighted by atomic mass is 33.1. The number of carboxylic acids is 1. The summed E-state index contributed by atoms with van der Waals surface area (Å²) in [5.74, 6) is -4.49. The standard InChI is InChI=1S/C10H8F3N3O5S2/c11-10(12,13)9(19)15-5(8(17)18)4-22-23-7-6(16(20)21)2-1-3-14-7/h1-3,5H,4H2,(H,15,19)(H,17,18)/t5-/m0/s1. The maximum Gasteiger partial charge on any atom is 0.471 e. The van der Waals surface area contributed by atoms with E-state index in [1.54, 1.807) is 0 Å². The Morgan fingerprint density at radius 2 is 2.13 bits per heavy atom. The van der Waals surface area contributed by atoms with Gasteiger partial charge in [-0.15, -0.1) is 0 Å².